The highest BCUT2D eigenvalue weighted by molar-refractivity contribution is 5.27. The van der Waals surface area contributed by atoms with Crippen LogP contribution in [0.2, 0.25) is 0 Å². The number of aromatic nitrogens is 2. The first-order valence-electron chi connectivity index (χ1n) is 6.87. The van der Waals surface area contributed by atoms with E-state index in [-0.39, 0.29) is 12.1 Å². The summed E-state index contributed by atoms with van der Waals surface area (Å²) >= 11 is 0. The summed E-state index contributed by atoms with van der Waals surface area (Å²) in [5, 5.41) is 3.32. The Morgan fingerprint density at radius 2 is 2.05 bits per heavy atom. The van der Waals surface area contributed by atoms with Gasteiger partial charge in [0.2, 0.25) is 0 Å². The lowest BCUT2D eigenvalue weighted by Crippen LogP contribution is -2.19. The number of rotatable bonds is 6. The number of hydrogen-bond donors (Lipinski definition) is 1. The first kappa shape index (κ1) is 14.5. The van der Waals surface area contributed by atoms with Crippen LogP contribution in [-0.4, -0.2) is 23.1 Å². The van der Waals surface area contributed by atoms with Crippen LogP contribution in [0.3, 0.4) is 0 Å². The Bertz CT molecular complexity index is 528. The van der Waals surface area contributed by atoms with Gasteiger partial charge in [-0.05, 0) is 50.6 Å². The molecular weight excluding hydrogens is 250 g/mol. The minimum absolute atomic E-state index is 0.151. The van der Waals surface area contributed by atoms with Crippen LogP contribution in [0.25, 0.3) is 0 Å². The van der Waals surface area contributed by atoms with Gasteiger partial charge in [-0.2, -0.15) is 0 Å². The maximum absolute atomic E-state index is 5.70. The van der Waals surface area contributed by atoms with Gasteiger partial charge in [-0.15, -0.1) is 0 Å². The van der Waals surface area contributed by atoms with Crippen molar-refractivity contribution in [2.24, 2.45) is 0 Å². The van der Waals surface area contributed by atoms with Gasteiger partial charge in [0.15, 0.2) is 0 Å². The molecule has 1 N–H and O–H groups in total. The van der Waals surface area contributed by atoms with Crippen molar-refractivity contribution >= 4 is 0 Å². The van der Waals surface area contributed by atoms with E-state index in [2.05, 4.69) is 21.4 Å². The van der Waals surface area contributed by atoms with Gasteiger partial charge in [0.25, 0.3) is 0 Å². The largest absolute Gasteiger partial charge is 0.489 e. The Kier molecular flexibility index (Phi) is 5.07. The smallest absolute Gasteiger partial charge is 0.138 e. The highest BCUT2D eigenvalue weighted by atomic mass is 16.5. The second-order valence-corrected chi connectivity index (χ2v) is 5.03. The first-order chi connectivity index (χ1) is 9.69. The summed E-state index contributed by atoms with van der Waals surface area (Å²) < 4.78 is 5.70. The molecule has 2 aromatic heterocycles. The van der Waals surface area contributed by atoms with Crippen LogP contribution in [0.5, 0.6) is 5.75 Å². The van der Waals surface area contributed by atoms with Gasteiger partial charge in [-0.3, -0.25) is 9.97 Å². The average molecular weight is 271 g/mol. The summed E-state index contributed by atoms with van der Waals surface area (Å²) in [4.78, 5) is 8.42. The van der Waals surface area contributed by atoms with Crippen LogP contribution in [0.15, 0.2) is 43.0 Å². The molecule has 4 nitrogen and oxygen atoms in total. The van der Waals surface area contributed by atoms with E-state index in [1.54, 1.807) is 12.4 Å². The van der Waals surface area contributed by atoms with Gasteiger partial charge >= 0.3 is 0 Å². The van der Waals surface area contributed by atoms with Crippen molar-refractivity contribution in [2.75, 3.05) is 7.05 Å². The topological polar surface area (TPSA) is 47.0 Å². The molecule has 0 fully saturated rings. The normalized spacial score (nSPS) is 12.4. The second kappa shape index (κ2) is 7.01. The molecule has 0 aliphatic rings. The fourth-order valence-electron chi connectivity index (χ4n) is 2.10. The third-order valence-electron chi connectivity index (χ3n) is 3.02. The SMILES string of the molecule is CNC(Cc1cccnc1)c1cncc(OC(C)C)c1. The van der Waals surface area contributed by atoms with Crippen molar-refractivity contribution in [3.63, 3.8) is 0 Å². The van der Waals surface area contributed by atoms with Crippen molar-refractivity contribution in [3.8, 4) is 5.75 Å². The zero-order valence-corrected chi connectivity index (χ0v) is 12.2. The number of nitrogens with zero attached hydrogens (tertiary/aromatic N) is 2. The third kappa shape index (κ3) is 4.03. The van der Waals surface area contributed by atoms with E-state index in [4.69, 9.17) is 4.74 Å². The van der Waals surface area contributed by atoms with Gasteiger partial charge in [-0.25, -0.2) is 0 Å². The first-order valence-corrected chi connectivity index (χ1v) is 6.87. The summed E-state index contributed by atoms with van der Waals surface area (Å²) in [6.45, 7) is 4.02. The van der Waals surface area contributed by atoms with Crippen LogP contribution in [0, 0.1) is 0 Å². The summed E-state index contributed by atoms with van der Waals surface area (Å²) in [6, 6.07) is 6.28. The van der Waals surface area contributed by atoms with Crippen LogP contribution in [0.1, 0.15) is 31.0 Å². The van der Waals surface area contributed by atoms with E-state index in [0.717, 1.165) is 17.7 Å². The molecule has 106 valence electrons. The number of likely N-dealkylation sites (N-methyl/N-ethyl adjacent to an activating group) is 1. The van der Waals surface area contributed by atoms with Gasteiger partial charge < -0.3 is 10.1 Å². The predicted octanol–water partition coefficient (Wildman–Crippen LogP) is 2.77. The summed E-state index contributed by atoms with van der Waals surface area (Å²) in [6.07, 6.45) is 8.34. The fourth-order valence-corrected chi connectivity index (χ4v) is 2.10. The molecule has 0 aromatic carbocycles. The summed E-state index contributed by atoms with van der Waals surface area (Å²) in [5.41, 5.74) is 2.32. The molecule has 1 atom stereocenters. The number of ether oxygens (including phenoxy) is 1. The lowest BCUT2D eigenvalue weighted by Gasteiger charge is -2.18. The van der Waals surface area contributed by atoms with Crippen molar-refractivity contribution < 1.29 is 4.74 Å². The standard InChI is InChI=1S/C16H21N3O/c1-12(2)20-15-8-14(10-19-11-15)16(17-3)7-13-5-4-6-18-9-13/h4-6,8-12,16-17H,7H2,1-3H3. The monoisotopic (exact) mass is 271 g/mol. The van der Waals surface area contributed by atoms with Crippen molar-refractivity contribution in [1.82, 2.24) is 15.3 Å². The van der Waals surface area contributed by atoms with Crippen LogP contribution >= 0.6 is 0 Å². The quantitative estimate of drug-likeness (QED) is 0.877. The van der Waals surface area contributed by atoms with E-state index in [0.29, 0.717) is 0 Å². The van der Waals surface area contributed by atoms with Crippen LogP contribution in [0.4, 0.5) is 0 Å². The molecular formula is C16H21N3O. The van der Waals surface area contributed by atoms with Crippen molar-refractivity contribution in [3.05, 3.63) is 54.1 Å². The molecule has 2 rings (SSSR count). The van der Waals surface area contributed by atoms with E-state index < -0.39 is 0 Å². The zero-order chi connectivity index (χ0) is 14.4. The van der Waals surface area contributed by atoms with E-state index >= 15 is 0 Å². The molecule has 0 aliphatic heterocycles. The van der Waals surface area contributed by atoms with E-state index in [1.807, 2.05) is 45.4 Å². The molecule has 0 aliphatic carbocycles. The predicted molar refractivity (Wildman–Crippen MR) is 79.7 cm³/mol. The van der Waals surface area contributed by atoms with Crippen LogP contribution in [-0.2, 0) is 6.42 Å². The molecule has 0 radical (unpaired) electrons. The maximum atomic E-state index is 5.70. The molecule has 0 amide bonds. The number of hydrogen-bond acceptors (Lipinski definition) is 4. The molecule has 4 heteroatoms. The molecule has 0 saturated carbocycles. The van der Waals surface area contributed by atoms with E-state index in [9.17, 15) is 0 Å². The highest BCUT2D eigenvalue weighted by Gasteiger charge is 2.12. The van der Waals surface area contributed by atoms with E-state index in [1.165, 1.54) is 5.56 Å². The summed E-state index contributed by atoms with van der Waals surface area (Å²) in [7, 11) is 1.96. The van der Waals surface area contributed by atoms with Gasteiger partial charge in [0.05, 0.1) is 12.3 Å². The molecule has 2 aromatic rings. The summed E-state index contributed by atoms with van der Waals surface area (Å²) in [5.74, 6) is 0.809. The maximum Gasteiger partial charge on any atom is 0.138 e. The third-order valence-corrected chi connectivity index (χ3v) is 3.02. The Morgan fingerprint density at radius 1 is 1.20 bits per heavy atom. The zero-order valence-electron chi connectivity index (χ0n) is 12.2. The second-order valence-electron chi connectivity index (χ2n) is 5.03. The lowest BCUT2D eigenvalue weighted by molar-refractivity contribution is 0.241. The molecule has 0 saturated heterocycles. The molecule has 2 heterocycles. The Morgan fingerprint density at radius 3 is 2.70 bits per heavy atom. The number of pyridine rings is 2. The van der Waals surface area contributed by atoms with Gasteiger partial charge in [0, 0.05) is 24.6 Å². The lowest BCUT2D eigenvalue weighted by atomic mass is 10.0. The van der Waals surface area contributed by atoms with Crippen LogP contribution < -0.4 is 10.1 Å². The van der Waals surface area contributed by atoms with Gasteiger partial charge in [0.1, 0.15) is 5.75 Å². The fraction of sp³-hybridized carbons (Fsp3) is 0.375. The number of nitrogens with one attached hydrogen (secondary N) is 1. The minimum Gasteiger partial charge on any atom is -0.489 e. The average Bonchev–Trinajstić information content (AvgIpc) is 2.45. The van der Waals surface area contributed by atoms with Crippen molar-refractivity contribution in [2.45, 2.75) is 32.4 Å². The highest BCUT2D eigenvalue weighted by Crippen LogP contribution is 2.21. The molecule has 0 spiro atoms. The molecule has 1 unspecified atom stereocenters. The minimum atomic E-state index is 0.151. The molecule has 0 bridgehead atoms. The Labute approximate surface area is 120 Å². The molecule has 20 heavy (non-hydrogen) atoms. The Balaban J connectivity index is 2.15. The van der Waals surface area contributed by atoms with Crippen molar-refractivity contribution in [1.29, 1.82) is 0 Å². The Hall–Kier alpha value is -1.94. The van der Waals surface area contributed by atoms with Gasteiger partial charge in [-0.1, -0.05) is 6.07 Å².